The lowest BCUT2D eigenvalue weighted by molar-refractivity contribution is 0.354. The van der Waals surface area contributed by atoms with Crippen molar-refractivity contribution in [2.75, 3.05) is 24.9 Å². The first-order valence-corrected chi connectivity index (χ1v) is 7.03. The summed E-state index contributed by atoms with van der Waals surface area (Å²) in [6, 6.07) is 6.02. The van der Waals surface area contributed by atoms with Crippen LogP contribution in [0.1, 0.15) is 19.4 Å². The molecule has 0 saturated carbocycles. The first-order chi connectivity index (χ1) is 10.6. The fourth-order valence-electron chi connectivity index (χ4n) is 1.89. The van der Waals surface area contributed by atoms with E-state index >= 15 is 0 Å². The van der Waals surface area contributed by atoms with Crippen molar-refractivity contribution in [2.45, 2.75) is 26.4 Å². The average molecular weight is 303 g/mol. The number of hydrogen-bond donors (Lipinski definition) is 2. The second-order valence-electron chi connectivity index (χ2n) is 5.01. The summed E-state index contributed by atoms with van der Waals surface area (Å²) in [5.41, 5.74) is 1.05. The molecule has 0 amide bonds. The molecule has 0 aliphatic rings. The van der Waals surface area contributed by atoms with E-state index in [1.165, 1.54) is 0 Å². The Morgan fingerprint density at radius 1 is 1.14 bits per heavy atom. The molecule has 0 bridgehead atoms. The number of benzene rings is 1. The van der Waals surface area contributed by atoms with E-state index in [4.69, 9.17) is 9.47 Å². The second kappa shape index (κ2) is 7.44. The minimum Gasteiger partial charge on any atom is -0.493 e. The molecule has 0 atom stereocenters. The predicted octanol–water partition coefficient (Wildman–Crippen LogP) is 2.32. The third kappa shape index (κ3) is 4.21. The maximum Gasteiger partial charge on any atom is 0.244 e. The smallest absolute Gasteiger partial charge is 0.244 e. The van der Waals surface area contributed by atoms with Gasteiger partial charge in [0.05, 0.1) is 20.4 Å². The van der Waals surface area contributed by atoms with Crippen LogP contribution in [0.15, 0.2) is 24.4 Å². The van der Waals surface area contributed by atoms with Gasteiger partial charge in [0.15, 0.2) is 17.3 Å². The Hall–Kier alpha value is -2.57. The van der Waals surface area contributed by atoms with Gasteiger partial charge in [-0.05, 0) is 31.5 Å². The van der Waals surface area contributed by atoms with Crippen molar-refractivity contribution in [1.82, 2.24) is 15.2 Å². The third-order valence-corrected chi connectivity index (χ3v) is 2.90. The standard InChI is InChI=1S/C15H21N5O2/c1-10(2)18-15-19-14(9-17-20-15)16-8-11-5-6-12(21-3)13(7-11)22-4/h5-7,9-10H,8H2,1-4H3,(H2,16,18,19,20). The van der Waals surface area contributed by atoms with Crippen LogP contribution in [-0.2, 0) is 6.54 Å². The maximum atomic E-state index is 5.29. The van der Waals surface area contributed by atoms with E-state index in [9.17, 15) is 0 Å². The van der Waals surface area contributed by atoms with Crippen LogP contribution < -0.4 is 20.1 Å². The van der Waals surface area contributed by atoms with Gasteiger partial charge in [-0.15, -0.1) is 5.10 Å². The molecule has 0 spiro atoms. The van der Waals surface area contributed by atoms with Gasteiger partial charge in [-0.3, -0.25) is 0 Å². The minimum absolute atomic E-state index is 0.253. The van der Waals surface area contributed by atoms with Crippen LogP contribution in [0.5, 0.6) is 11.5 Å². The summed E-state index contributed by atoms with van der Waals surface area (Å²) in [6.45, 7) is 4.64. The molecule has 2 N–H and O–H groups in total. The van der Waals surface area contributed by atoms with Gasteiger partial charge in [-0.1, -0.05) is 6.07 Å². The number of rotatable bonds is 7. The zero-order valence-corrected chi connectivity index (χ0v) is 13.3. The summed E-state index contributed by atoms with van der Waals surface area (Å²) in [7, 11) is 3.23. The summed E-state index contributed by atoms with van der Waals surface area (Å²) in [5, 5.41) is 14.2. The van der Waals surface area contributed by atoms with Crippen LogP contribution >= 0.6 is 0 Å². The Balaban J connectivity index is 2.03. The molecule has 2 aromatic rings. The fraction of sp³-hybridized carbons (Fsp3) is 0.400. The van der Waals surface area contributed by atoms with Crippen molar-refractivity contribution < 1.29 is 9.47 Å². The van der Waals surface area contributed by atoms with Crippen molar-refractivity contribution >= 4 is 11.8 Å². The zero-order valence-electron chi connectivity index (χ0n) is 13.3. The topological polar surface area (TPSA) is 81.2 Å². The van der Waals surface area contributed by atoms with E-state index in [1.807, 2.05) is 32.0 Å². The first kappa shape index (κ1) is 15.8. The van der Waals surface area contributed by atoms with Crippen molar-refractivity contribution in [3.05, 3.63) is 30.0 Å². The summed E-state index contributed by atoms with van der Waals surface area (Å²) in [6.07, 6.45) is 1.59. The predicted molar refractivity (Wildman–Crippen MR) is 85.5 cm³/mol. The molecule has 0 aliphatic carbocycles. The number of anilines is 2. The average Bonchev–Trinajstić information content (AvgIpc) is 2.52. The zero-order chi connectivity index (χ0) is 15.9. The maximum absolute atomic E-state index is 5.29. The highest BCUT2D eigenvalue weighted by molar-refractivity contribution is 5.44. The summed E-state index contributed by atoms with van der Waals surface area (Å²) in [5.74, 6) is 2.57. The molecule has 1 heterocycles. The number of ether oxygens (including phenoxy) is 2. The summed E-state index contributed by atoms with van der Waals surface area (Å²) in [4.78, 5) is 4.35. The molecular formula is C15H21N5O2. The molecular weight excluding hydrogens is 282 g/mol. The van der Waals surface area contributed by atoms with E-state index in [0.29, 0.717) is 29.8 Å². The quantitative estimate of drug-likeness (QED) is 0.812. The van der Waals surface area contributed by atoms with E-state index < -0.39 is 0 Å². The third-order valence-electron chi connectivity index (χ3n) is 2.90. The second-order valence-corrected chi connectivity index (χ2v) is 5.01. The Kier molecular flexibility index (Phi) is 5.35. The van der Waals surface area contributed by atoms with Gasteiger partial charge in [0.25, 0.3) is 0 Å². The highest BCUT2D eigenvalue weighted by Gasteiger charge is 2.06. The number of aromatic nitrogens is 3. The van der Waals surface area contributed by atoms with Crippen LogP contribution in [0.2, 0.25) is 0 Å². The van der Waals surface area contributed by atoms with E-state index in [-0.39, 0.29) is 6.04 Å². The molecule has 22 heavy (non-hydrogen) atoms. The van der Waals surface area contributed by atoms with E-state index in [2.05, 4.69) is 25.8 Å². The molecule has 118 valence electrons. The highest BCUT2D eigenvalue weighted by Crippen LogP contribution is 2.27. The van der Waals surface area contributed by atoms with E-state index in [0.717, 1.165) is 5.56 Å². The first-order valence-electron chi connectivity index (χ1n) is 7.03. The summed E-state index contributed by atoms with van der Waals surface area (Å²) < 4.78 is 10.5. The lowest BCUT2D eigenvalue weighted by atomic mass is 10.2. The molecule has 0 radical (unpaired) electrons. The van der Waals surface area contributed by atoms with Crippen molar-refractivity contribution in [3.63, 3.8) is 0 Å². The molecule has 0 unspecified atom stereocenters. The number of nitrogens with zero attached hydrogens (tertiary/aromatic N) is 3. The summed E-state index contributed by atoms with van der Waals surface area (Å²) >= 11 is 0. The van der Waals surface area contributed by atoms with Gasteiger partial charge in [0.1, 0.15) is 0 Å². The molecule has 0 aliphatic heterocycles. The van der Waals surface area contributed by atoms with Crippen LogP contribution in [0.25, 0.3) is 0 Å². The fourth-order valence-corrected chi connectivity index (χ4v) is 1.89. The van der Waals surface area contributed by atoms with Gasteiger partial charge >= 0.3 is 0 Å². The SMILES string of the molecule is COc1ccc(CNc2cnnc(NC(C)C)n2)cc1OC. The van der Waals surface area contributed by atoms with Gasteiger partial charge < -0.3 is 20.1 Å². The molecule has 1 aromatic heterocycles. The molecule has 0 fully saturated rings. The molecule has 0 saturated heterocycles. The highest BCUT2D eigenvalue weighted by atomic mass is 16.5. The van der Waals surface area contributed by atoms with Gasteiger partial charge in [-0.25, -0.2) is 0 Å². The normalized spacial score (nSPS) is 10.4. The van der Waals surface area contributed by atoms with Gasteiger partial charge in [0.2, 0.25) is 5.95 Å². The van der Waals surface area contributed by atoms with Crippen LogP contribution in [-0.4, -0.2) is 35.4 Å². The Bertz CT molecular complexity index is 619. The monoisotopic (exact) mass is 303 g/mol. The van der Waals surface area contributed by atoms with Crippen molar-refractivity contribution in [2.24, 2.45) is 0 Å². The largest absolute Gasteiger partial charge is 0.493 e. The lowest BCUT2D eigenvalue weighted by Crippen LogP contribution is -2.14. The van der Waals surface area contributed by atoms with Crippen LogP contribution in [0.4, 0.5) is 11.8 Å². The Morgan fingerprint density at radius 2 is 1.91 bits per heavy atom. The van der Waals surface area contributed by atoms with Gasteiger partial charge in [0, 0.05) is 12.6 Å². The van der Waals surface area contributed by atoms with Crippen LogP contribution in [0, 0.1) is 0 Å². The Labute approximate surface area is 130 Å². The van der Waals surface area contributed by atoms with E-state index in [1.54, 1.807) is 20.4 Å². The van der Waals surface area contributed by atoms with Crippen LogP contribution in [0.3, 0.4) is 0 Å². The number of nitrogens with one attached hydrogen (secondary N) is 2. The molecule has 1 aromatic carbocycles. The molecule has 7 nitrogen and oxygen atoms in total. The number of hydrogen-bond acceptors (Lipinski definition) is 7. The molecule has 7 heteroatoms. The minimum atomic E-state index is 0.253. The lowest BCUT2D eigenvalue weighted by Gasteiger charge is -2.11. The number of methoxy groups -OCH3 is 2. The molecule has 2 rings (SSSR count). The van der Waals surface area contributed by atoms with Gasteiger partial charge in [-0.2, -0.15) is 10.1 Å². The van der Waals surface area contributed by atoms with Crippen molar-refractivity contribution in [3.8, 4) is 11.5 Å². The Morgan fingerprint density at radius 3 is 2.59 bits per heavy atom. The van der Waals surface area contributed by atoms with Crippen molar-refractivity contribution in [1.29, 1.82) is 0 Å².